The summed E-state index contributed by atoms with van der Waals surface area (Å²) in [5.41, 5.74) is 3.93. The summed E-state index contributed by atoms with van der Waals surface area (Å²) >= 11 is 0. The van der Waals surface area contributed by atoms with Gasteiger partial charge in [0.2, 0.25) is 5.88 Å². The van der Waals surface area contributed by atoms with E-state index in [2.05, 4.69) is 11.1 Å². The van der Waals surface area contributed by atoms with E-state index < -0.39 is 0 Å². The van der Waals surface area contributed by atoms with E-state index in [-0.39, 0.29) is 12.0 Å². The topological polar surface area (TPSA) is 60.9 Å². The van der Waals surface area contributed by atoms with Crippen LogP contribution in [0.3, 0.4) is 0 Å². The summed E-state index contributed by atoms with van der Waals surface area (Å²) in [6.07, 6.45) is 3.72. The molecule has 1 aliphatic heterocycles. The minimum Gasteiger partial charge on any atom is -0.497 e. The Morgan fingerprint density at radius 2 is 2.14 bits per heavy atom. The predicted molar refractivity (Wildman–Crippen MR) is 105 cm³/mol. The average Bonchev–Trinajstić information content (AvgIpc) is 3.20. The Labute approximate surface area is 165 Å². The molecule has 1 aromatic heterocycles. The number of hydrogen-bond donors (Lipinski definition) is 0. The summed E-state index contributed by atoms with van der Waals surface area (Å²) in [6, 6.07) is 9.94. The minimum absolute atomic E-state index is 0.0296. The van der Waals surface area contributed by atoms with Crippen LogP contribution >= 0.6 is 0 Å². The van der Waals surface area contributed by atoms with Gasteiger partial charge in [-0.3, -0.25) is 4.79 Å². The number of morpholine rings is 1. The van der Waals surface area contributed by atoms with Gasteiger partial charge in [-0.25, -0.2) is 4.98 Å². The largest absolute Gasteiger partial charge is 0.497 e. The number of aryl methyl sites for hydroxylation is 2. The van der Waals surface area contributed by atoms with Gasteiger partial charge in [0.1, 0.15) is 11.3 Å². The molecule has 0 bridgehead atoms. The minimum atomic E-state index is -0.0433. The zero-order valence-electron chi connectivity index (χ0n) is 16.4. The molecule has 2 heterocycles. The quantitative estimate of drug-likeness (QED) is 0.796. The number of methoxy groups -OCH3 is 2. The molecule has 1 amide bonds. The molecule has 4 rings (SSSR count). The first kappa shape index (κ1) is 18.7. The summed E-state index contributed by atoms with van der Waals surface area (Å²) in [4.78, 5) is 19.6. The number of fused-ring (bicyclic) bond motifs is 1. The Hall–Kier alpha value is -2.60. The summed E-state index contributed by atoms with van der Waals surface area (Å²) in [6.45, 7) is 1.66. The van der Waals surface area contributed by atoms with Gasteiger partial charge in [-0.2, -0.15) is 0 Å². The van der Waals surface area contributed by atoms with Gasteiger partial charge in [-0.05, 0) is 48.6 Å². The molecular formula is C22H26N2O4. The first-order valence-electron chi connectivity index (χ1n) is 9.78. The smallest absolute Gasteiger partial charge is 0.259 e. The molecule has 148 valence electrons. The normalized spacial score (nSPS) is 18.6. The van der Waals surface area contributed by atoms with E-state index in [1.807, 2.05) is 29.2 Å². The number of rotatable bonds is 5. The number of ether oxygens (including phenoxy) is 3. The van der Waals surface area contributed by atoms with Crippen molar-refractivity contribution in [2.24, 2.45) is 0 Å². The van der Waals surface area contributed by atoms with Crippen LogP contribution in [0, 0.1) is 0 Å². The van der Waals surface area contributed by atoms with Crippen molar-refractivity contribution in [3.63, 3.8) is 0 Å². The fraction of sp³-hybridized carbons (Fsp3) is 0.455. The molecule has 0 saturated carbocycles. The second-order valence-electron chi connectivity index (χ2n) is 7.30. The maximum Gasteiger partial charge on any atom is 0.259 e. The summed E-state index contributed by atoms with van der Waals surface area (Å²) < 4.78 is 16.6. The van der Waals surface area contributed by atoms with Gasteiger partial charge in [0.15, 0.2) is 0 Å². The second-order valence-corrected chi connectivity index (χ2v) is 7.30. The van der Waals surface area contributed by atoms with Crippen molar-refractivity contribution in [2.45, 2.75) is 31.8 Å². The molecule has 1 saturated heterocycles. The molecule has 0 spiro atoms. The Bertz CT molecular complexity index is 868. The van der Waals surface area contributed by atoms with Crippen molar-refractivity contribution in [2.75, 3.05) is 33.9 Å². The van der Waals surface area contributed by atoms with E-state index in [0.29, 0.717) is 31.1 Å². The van der Waals surface area contributed by atoms with Crippen LogP contribution in [0.25, 0.3) is 0 Å². The molecule has 6 nitrogen and oxygen atoms in total. The van der Waals surface area contributed by atoms with E-state index in [1.165, 1.54) is 5.56 Å². The van der Waals surface area contributed by atoms with Crippen molar-refractivity contribution < 1.29 is 19.0 Å². The number of hydrogen-bond acceptors (Lipinski definition) is 5. The van der Waals surface area contributed by atoms with Crippen LogP contribution in [0.1, 0.15) is 33.6 Å². The molecule has 28 heavy (non-hydrogen) atoms. The lowest BCUT2D eigenvalue weighted by molar-refractivity contribution is -0.0209. The van der Waals surface area contributed by atoms with Gasteiger partial charge in [0.25, 0.3) is 5.91 Å². The van der Waals surface area contributed by atoms with Gasteiger partial charge >= 0.3 is 0 Å². The van der Waals surface area contributed by atoms with Gasteiger partial charge < -0.3 is 19.1 Å². The Morgan fingerprint density at radius 3 is 2.96 bits per heavy atom. The van der Waals surface area contributed by atoms with Gasteiger partial charge in [-0.15, -0.1) is 0 Å². The fourth-order valence-electron chi connectivity index (χ4n) is 4.02. The molecule has 6 heteroatoms. The fourth-order valence-corrected chi connectivity index (χ4v) is 4.02. The van der Waals surface area contributed by atoms with Crippen LogP contribution in [-0.2, 0) is 24.0 Å². The van der Waals surface area contributed by atoms with Crippen molar-refractivity contribution in [1.29, 1.82) is 0 Å². The highest BCUT2D eigenvalue weighted by Crippen LogP contribution is 2.28. The third kappa shape index (κ3) is 3.83. The van der Waals surface area contributed by atoms with Crippen LogP contribution in [0.2, 0.25) is 0 Å². The Morgan fingerprint density at radius 1 is 1.25 bits per heavy atom. The molecule has 2 aromatic rings. The Balaban J connectivity index is 1.49. The molecule has 0 radical (unpaired) electrons. The Kier molecular flexibility index (Phi) is 5.48. The highest BCUT2D eigenvalue weighted by Gasteiger charge is 2.29. The number of amides is 1. The zero-order valence-corrected chi connectivity index (χ0v) is 16.4. The third-order valence-corrected chi connectivity index (χ3v) is 5.46. The average molecular weight is 382 g/mol. The number of carbonyl (C=O) groups is 1. The predicted octanol–water partition coefficient (Wildman–Crippen LogP) is 2.67. The molecule has 1 atom stereocenters. The van der Waals surface area contributed by atoms with Crippen molar-refractivity contribution in [3.8, 4) is 11.6 Å². The van der Waals surface area contributed by atoms with Crippen LogP contribution in [0.15, 0.2) is 30.3 Å². The number of benzene rings is 1. The van der Waals surface area contributed by atoms with E-state index in [9.17, 15) is 4.79 Å². The van der Waals surface area contributed by atoms with Crippen LogP contribution in [0.4, 0.5) is 0 Å². The molecular weight excluding hydrogens is 356 g/mol. The molecule has 1 fully saturated rings. The third-order valence-electron chi connectivity index (χ3n) is 5.46. The zero-order chi connectivity index (χ0) is 19.5. The molecule has 0 unspecified atom stereocenters. The molecule has 1 aliphatic carbocycles. The van der Waals surface area contributed by atoms with Crippen LogP contribution in [-0.4, -0.2) is 55.8 Å². The lowest BCUT2D eigenvalue weighted by Gasteiger charge is -2.33. The lowest BCUT2D eigenvalue weighted by atomic mass is 10.1. The van der Waals surface area contributed by atoms with Gasteiger partial charge in [0, 0.05) is 25.2 Å². The second kappa shape index (κ2) is 8.19. The monoisotopic (exact) mass is 382 g/mol. The standard InChI is InChI=1S/C22H26N2O4/c1-26-17-7-3-5-15(11-17)12-18-14-24(9-10-28-18)22(25)19-13-16-6-4-8-20(16)23-21(19)27-2/h3,5,7,11,13,18H,4,6,8-10,12,14H2,1-2H3/t18-/m1/s1. The molecule has 0 N–H and O–H groups in total. The summed E-state index contributed by atoms with van der Waals surface area (Å²) in [5, 5.41) is 0. The summed E-state index contributed by atoms with van der Waals surface area (Å²) in [5.74, 6) is 1.23. The van der Waals surface area contributed by atoms with Crippen LogP contribution in [0.5, 0.6) is 11.6 Å². The van der Waals surface area contributed by atoms with Gasteiger partial charge in [-0.1, -0.05) is 12.1 Å². The number of carbonyl (C=O) groups excluding carboxylic acids is 1. The van der Waals surface area contributed by atoms with Crippen LogP contribution < -0.4 is 9.47 Å². The van der Waals surface area contributed by atoms with E-state index in [4.69, 9.17) is 14.2 Å². The molecule has 1 aromatic carbocycles. The first-order valence-corrected chi connectivity index (χ1v) is 9.78. The SMILES string of the molecule is COc1cccc(C[C@@H]2CN(C(=O)c3cc4c(nc3OC)CCC4)CCO2)c1. The van der Waals surface area contributed by atoms with E-state index in [0.717, 1.165) is 42.7 Å². The maximum atomic E-state index is 13.2. The number of pyridine rings is 1. The highest BCUT2D eigenvalue weighted by atomic mass is 16.5. The van der Waals surface area contributed by atoms with Crippen molar-refractivity contribution >= 4 is 5.91 Å². The number of aromatic nitrogens is 1. The van der Waals surface area contributed by atoms with E-state index >= 15 is 0 Å². The number of nitrogens with zero attached hydrogens (tertiary/aromatic N) is 2. The van der Waals surface area contributed by atoms with Crippen molar-refractivity contribution in [3.05, 3.63) is 52.7 Å². The first-order chi connectivity index (χ1) is 13.7. The van der Waals surface area contributed by atoms with E-state index in [1.54, 1.807) is 14.2 Å². The van der Waals surface area contributed by atoms with Crippen molar-refractivity contribution in [1.82, 2.24) is 9.88 Å². The van der Waals surface area contributed by atoms with Gasteiger partial charge in [0.05, 0.1) is 26.9 Å². The molecule has 2 aliphatic rings. The maximum absolute atomic E-state index is 13.2. The highest BCUT2D eigenvalue weighted by molar-refractivity contribution is 5.96. The summed E-state index contributed by atoms with van der Waals surface area (Å²) in [7, 11) is 3.24. The lowest BCUT2D eigenvalue weighted by Crippen LogP contribution is -2.46.